The van der Waals surface area contributed by atoms with Crippen LogP contribution >= 0.6 is 15.9 Å². The minimum absolute atomic E-state index is 0.0584. The lowest BCUT2D eigenvalue weighted by atomic mass is 10.1. The van der Waals surface area contributed by atoms with Crippen molar-refractivity contribution >= 4 is 39.4 Å². The van der Waals surface area contributed by atoms with E-state index in [0.29, 0.717) is 4.47 Å². The second-order valence-corrected chi connectivity index (χ2v) is 4.67. The molecule has 2 amide bonds. The third-order valence-electron chi connectivity index (χ3n) is 2.22. The van der Waals surface area contributed by atoms with Gasteiger partial charge in [-0.05, 0) is 18.2 Å². The Labute approximate surface area is 117 Å². The van der Waals surface area contributed by atoms with Gasteiger partial charge < -0.3 is 21.5 Å². The van der Waals surface area contributed by atoms with E-state index in [9.17, 15) is 14.4 Å². The molecule has 0 aliphatic carbocycles. The van der Waals surface area contributed by atoms with Crippen LogP contribution in [0.1, 0.15) is 10.4 Å². The Morgan fingerprint density at radius 1 is 1.16 bits per heavy atom. The van der Waals surface area contributed by atoms with Gasteiger partial charge in [0.2, 0.25) is 11.8 Å². The van der Waals surface area contributed by atoms with Crippen molar-refractivity contribution in [3.05, 3.63) is 28.2 Å². The first kappa shape index (κ1) is 15.0. The first-order valence-corrected chi connectivity index (χ1v) is 5.95. The van der Waals surface area contributed by atoms with Crippen LogP contribution in [-0.2, 0) is 9.59 Å². The molecule has 0 saturated carbocycles. The van der Waals surface area contributed by atoms with Crippen LogP contribution in [0.2, 0.25) is 0 Å². The van der Waals surface area contributed by atoms with Gasteiger partial charge in [0.15, 0.2) is 0 Å². The third-order valence-corrected chi connectivity index (χ3v) is 2.72. The number of benzene rings is 1. The minimum atomic E-state index is -1.18. The zero-order valence-electron chi connectivity index (χ0n) is 9.80. The molecular formula is C11H12BrN3O4. The summed E-state index contributed by atoms with van der Waals surface area (Å²) in [6.07, 6.45) is 0. The van der Waals surface area contributed by atoms with Gasteiger partial charge in [-0.15, -0.1) is 0 Å². The number of halogens is 1. The van der Waals surface area contributed by atoms with Gasteiger partial charge in [-0.1, -0.05) is 15.9 Å². The number of hydrogen-bond acceptors (Lipinski definition) is 4. The molecule has 7 nitrogen and oxygen atoms in total. The molecule has 0 fully saturated rings. The van der Waals surface area contributed by atoms with Crippen LogP contribution in [0, 0.1) is 0 Å². The van der Waals surface area contributed by atoms with Crippen LogP contribution in [0.25, 0.3) is 0 Å². The number of carbonyl (C=O) groups excluding carboxylic acids is 2. The van der Waals surface area contributed by atoms with E-state index in [0.717, 1.165) is 0 Å². The lowest BCUT2D eigenvalue weighted by molar-refractivity contribution is -0.117. The fourth-order valence-electron chi connectivity index (χ4n) is 1.56. The molecule has 0 bridgehead atoms. The van der Waals surface area contributed by atoms with Crippen molar-refractivity contribution in [2.45, 2.75) is 0 Å². The van der Waals surface area contributed by atoms with Crippen molar-refractivity contribution in [3.8, 4) is 0 Å². The summed E-state index contributed by atoms with van der Waals surface area (Å²) in [5.74, 6) is -2.57. The number of anilines is 1. The molecule has 0 heterocycles. The van der Waals surface area contributed by atoms with Crippen LogP contribution in [0.5, 0.6) is 0 Å². The van der Waals surface area contributed by atoms with Crippen molar-refractivity contribution in [1.82, 2.24) is 0 Å². The molecule has 0 atom stereocenters. The molecule has 0 saturated heterocycles. The zero-order valence-corrected chi connectivity index (χ0v) is 11.4. The molecule has 19 heavy (non-hydrogen) atoms. The smallest absolute Gasteiger partial charge is 0.337 e. The number of aromatic carboxylic acids is 1. The number of carboxylic acids is 1. The van der Waals surface area contributed by atoms with E-state index in [1.165, 1.54) is 17.0 Å². The molecule has 0 aromatic heterocycles. The fourth-order valence-corrected chi connectivity index (χ4v) is 1.92. The van der Waals surface area contributed by atoms with Crippen molar-refractivity contribution in [1.29, 1.82) is 0 Å². The van der Waals surface area contributed by atoms with Crippen LogP contribution in [0.15, 0.2) is 22.7 Å². The van der Waals surface area contributed by atoms with Gasteiger partial charge in [-0.2, -0.15) is 0 Å². The number of carboxylic acid groups (broad SMARTS) is 1. The van der Waals surface area contributed by atoms with Crippen LogP contribution in [-0.4, -0.2) is 36.0 Å². The van der Waals surface area contributed by atoms with Gasteiger partial charge in [0.1, 0.15) is 0 Å². The highest BCUT2D eigenvalue weighted by Gasteiger charge is 2.19. The van der Waals surface area contributed by atoms with Crippen molar-refractivity contribution < 1.29 is 19.5 Å². The number of amides is 2. The lowest BCUT2D eigenvalue weighted by Gasteiger charge is -2.23. The number of nitrogens with two attached hydrogens (primary N) is 2. The molecule has 1 aromatic rings. The summed E-state index contributed by atoms with van der Waals surface area (Å²) in [6.45, 7) is -0.601. The molecule has 0 radical (unpaired) electrons. The van der Waals surface area contributed by atoms with Crippen LogP contribution in [0.3, 0.4) is 0 Å². The molecule has 5 N–H and O–H groups in total. The Balaban J connectivity index is 3.24. The number of carbonyl (C=O) groups is 3. The summed E-state index contributed by atoms with van der Waals surface area (Å²) in [7, 11) is 0. The highest BCUT2D eigenvalue weighted by Crippen LogP contribution is 2.24. The molecule has 0 aliphatic rings. The Morgan fingerprint density at radius 2 is 1.68 bits per heavy atom. The Hall–Kier alpha value is -2.09. The summed E-state index contributed by atoms with van der Waals surface area (Å²) in [6, 6.07) is 4.43. The minimum Gasteiger partial charge on any atom is -0.478 e. The van der Waals surface area contributed by atoms with E-state index in [-0.39, 0.29) is 24.3 Å². The largest absolute Gasteiger partial charge is 0.478 e. The van der Waals surface area contributed by atoms with E-state index in [1.54, 1.807) is 6.07 Å². The predicted molar refractivity (Wildman–Crippen MR) is 71.7 cm³/mol. The maximum absolute atomic E-state index is 11.2. The molecule has 0 aliphatic heterocycles. The zero-order chi connectivity index (χ0) is 14.6. The second-order valence-electron chi connectivity index (χ2n) is 3.76. The predicted octanol–water partition coefficient (Wildman–Crippen LogP) is -0.0757. The van der Waals surface area contributed by atoms with Gasteiger partial charge in [0.05, 0.1) is 24.3 Å². The van der Waals surface area contributed by atoms with Gasteiger partial charge in [0.25, 0.3) is 0 Å². The third kappa shape index (κ3) is 4.25. The van der Waals surface area contributed by atoms with Gasteiger partial charge >= 0.3 is 5.97 Å². The average Bonchev–Trinajstić information content (AvgIpc) is 2.26. The molecule has 1 aromatic carbocycles. The molecule has 1 rings (SSSR count). The first-order chi connectivity index (χ1) is 8.81. The summed E-state index contributed by atoms with van der Waals surface area (Å²) >= 11 is 3.15. The average molecular weight is 330 g/mol. The van der Waals surface area contributed by atoms with Crippen LogP contribution in [0.4, 0.5) is 5.69 Å². The van der Waals surface area contributed by atoms with Crippen molar-refractivity contribution in [3.63, 3.8) is 0 Å². The van der Waals surface area contributed by atoms with Gasteiger partial charge in [-0.25, -0.2) is 4.79 Å². The highest BCUT2D eigenvalue weighted by atomic mass is 79.9. The normalized spacial score (nSPS) is 9.95. The summed E-state index contributed by atoms with van der Waals surface area (Å²) in [4.78, 5) is 34.4. The van der Waals surface area contributed by atoms with E-state index in [4.69, 9.17) is 16.6 Å². The van der Waals surface area contributed by atoms with Crippen molar-refractivity contribution in [2.75, 3.05) is 18.0 Å². The molecular weight excluding hydrogens is 318 g/mol. The monoisotopic (exact) mass is 329 g/mol. The Kier molecular flexibility index (Phi) is 4.87. The van der Waals surface area contributed by atoms with Crippen LogP contribution < -0.4 is 16.4 Å². The van der Waals surface area contributed by atoms with E-state index in [2.05, 4.69) is 15.9 Å². The van der Waals surface area contributed by atoms with E-state index >= 15 is 0 Å². The van der Waals surface area contributed by atoms with Gasteiger partial charge in [-0.3, -0.25) is 9.59 Å². The summed E-state index contributed by atoms with van der Waals surface area (Å²) in [5, 5.41) is 9.13. The molecule has 8 heteroatoms. The standard InChI is InChI=1S/C11H12BrN3O4/c12-6-1-2-8(7(3-6)11(18)19)15(4-9(13)16)5-10(14)17/h1-3H,4-5H2,(H2,13,16)(H2,14,17)(H,18,19). The number of primary amides is 2. The Morgan fingerprint density at radius 3 is 2.11 bits per heavy atom. The summed E-state index contributed by atoms with van der Waals surface area (Å²) in [5.41, 5.74) is 10.3. The number of hydrogen-bond donors (Lipinski definition) is 3. The second kappa shape index (κ2) is 6.19. The SMILES string of the molecule is NC(=O)CN(CC(N)=O)c1ccc(Br)cc1C(=O)O. The first-order valence-electron chi connectivity index (χ1n) is 5.15. The fraction of sp³-hybridized carbons (Fsp3) is 0.182. The lowest BCUT2D eigenvalue weighted by Crippen LogP contribution is -2.40. The topological polar surface area (TPSA) is 127 Å². The summed E-state index contributed by atoms with van der Waals surface area (Å²) < 4.78 is 0.562. The quantitative estimate of drug-likeness (QED) is 0.673. The number of nitrogens with zero attached hydrogens (tertiary/aromatic N) is 1. The molecule has 0 unspecified atom stereocenters. The maximum Gasteiger partial charge on any atom is 0.337 e. The van der Waals surface area contributed by atoms with Gasteiger partial charge in [0, 0.05) is 4.47 Å². The number of rotatable bonds is 6. The van der Waals surface area contributed by atoms with Crippen molar-refractivity contribution in [2.24, 2.45) is 11.5 Å². The highest BCUT2D eigenvalue weighted by molar-refractivity contribution is 9.10. The van der Waals surface area contributed by atoms with E-state index in [1.807, 2.05) is 0 Å². The molecule has 0 spiro atoms. The Bertz CT molecular complexity index is 517. The molecule has 102 valence electrons. The maximum atomic E-state index is 11.2. The van der Waals surface area contributed by atoms with E-state index < -0.39 is 17.8 Å².